The minimum Gasteiger partial charge on any atom is -0.439 e. The Morgan fingerprint density at radius 3 is 2.75 bits per heavy atom. The Kier molecular flexibility index (Phi) is 3.54. The summed E-state index contributed by atoms with van der Waals surface area (Å²) in [6.45, 7) is 4.93. The van der Waals surface area contributed by atoms with E-state index >= 15 is 0 Å². The Morgan fingerprint density at radius 2 is 2.05 bits per heavy atom. The smallest absolute Gasteiger partial charge is 0.224 e. The largest absolute Gasteiger partial charge is 0.439 e. The van der Waals surface area contributed by atoms with Crippen LogP contribution >= 0.6 is 0 Å². The standard InChI is InChI=1S/C16H19N3O/c1-3-17-14-10-15(19-16(18-14)12-8-9-12)20-13-7-5-4-6-11(13)2/h4-7,10,12H,3,8-9H2,1-2H3,(H,17,18,19). The maximum absolute atomic E-state index is 5.92. The molecule has 0 aliphatic heterocycles. The highest BCUT2D eigenvalue weighted by atomic mass is 16.5. The van der Waals surface area contributed by atoms with Gasteiger partial charge in [0, 0.05) is 18.5 Å². The van der Waals surface area contributed by atoms with Crippen molar-refractivity contribution < 1.29 is 4.74 Å². The number of nitrogens with zero attached hydrogens (tertiary/aromatic N) is 2. The number of aryl methyl sites for hydroxylation is 1. The van der Waals surface area contributed by atoms with Crippen LogP contribution in [0.15, 0.2) is 30.3 Å². The summed E-state index contributed by atoms with van der Waals surface area (Å²) < 4.78 is 5.92. The zero-order valence-electron chi connectivity index (χ0n) is 11.9. The summed E-state index contributed by atoms with van der Waals surface area (Å²) in [6, 6.07) is 9.82. The van der Waals surface area contributed by atoms with Crippen molar-refractivity contribution in [2.45, 2.75) is 32.6 Å². The Bertz CT molecular complexity index is 608. The van der Waals surface area contributed by atoms with E-state index in [1.54, 1.807) is 0 Å². The number of hydrogen-bond donors (Lipinski definition) is 1. The molecule has 0 spiro atoms. The van der Waals surface area contributed by atoms with Crippen LogP contribution in [0, 0.1) is 6.92 Å². The van der Waals surface area contributed by atoms with E-state index in [1.165, 1.54) is 12.8 Å². The molecular weight excluding hydrogens is 250 g/mol. The van der Waals surface area contributed by atoms with E-state index in [9.17, 15) is 0 Å². The number of ether oxygens (including phenoxy) is 1. The van der Waals surface area contributed by atoms with Gasteiger partial charge in [-0.15, -0.1) is 0 Å². The van der Waals surface area contributed by atoms with Crippen molar-refractivity contribution >= 4 is 5.82 Å². The number of para-hydroxylation sites is 1. The lowest BCUT2D eigenvalue weighted by molar-refractivity contribution is 0.455. The summed E-state index contributed by atoms with van der Waals surface area (Å²) in [5.74, 6) is 3.70. The molecule has 20 heavy (non-hydrogen) atoms. The van der Waals surface area contributed by atoms with E-state index in [1.807, 2.05) is 37.3 Å². The van der Waals surface area contributed by atoms with Gasteiger partial charge in [-0.05, 0) is 38.3 Å². The lowest BCUT2D eigenvalue weighted by Gasteiger charge is -2.11. The quantitative estimate of drug-likeness (QED) is 0.894. The van der Waals surface area contributed by atoms with Crippen LogP contribution in [0.1, 0.15) is 37.1 Å². The summed E-state index contributed by atoms with van der Waals surface area (Å²) in [5, 5.41) is 3.24. The van der Waals surface area contributed by atoms with Crippen molar-refractivity contribution in [1.29, 1.82) is 0 Å². The van der Waals surface area contributed by atoms with Crippen molar-refractivity contribution in [2.24, 2.45) is 0 Å². The third-order valence-corrected chi connectivity index (χ3v) is 3.33. The molecule has 4 nitrogen and oxygen atoms in total. The van der Waals surface area contributed by atoms with Gasteiger partial charge in [0.1, 0.15) is 17.4 Å². The fourth-order valence-corrected chi connectivity index (χ4v) is 2.07. The van der Waals surface area contributed by atoms with Gasteiger partial charge in [0.05, 0.1) is 0 Å². The highest BCUT2D eigenvalue weighted by Gasteiger charge is 2.27. The lowest BCUT2D eigenvalue weighted by Crippen LogP contribution is -2.04. The van der Waals surface area contributed by atoms with E-state index in [-0.39, 0.29) is 0 Å². The number of aromatic nitrogens is 2. The van der Waals surface area contributed by atoms with Crippen LogP contribution < -0.4 is 10.1 Å². The van der Waals surface area contributed by atoms with Crippen LogP contribution in [-0.2, 0) is 0 Å². The molecule has 4 heteroatoms. The van der Waals surface area contributed by atoms with Gasteiger partial charge in [-0.3, -0.25) is 0 Å². The van der Waals surface area contributed by atoms with Crippen molar-refractivity contribution in [2.75, 3.05) is 11.9 Å². The zero-order chi connectivity index (χ0) is 13.9. The Hall–Kier alpha value is -2.10. The predicted octanol–water partition coefficient (Wildman–Crippen LogP) is 3.89. The molecule has 1 aliphatic rings. The van der Waals surface area contributed by atoms with Crippen molar-refractivity contribution in [1.82, 2.24) is 9.97 Å². The molecular formula is C16H19N3O. The van der Waals surface area contributed by atoms with Crippen LogP contribution in [0.3, 0.4) is 0 Å². The van der Waals surface area contributed by atoms with Crippen LogP contribution in [0.5, 0.6) is 11.6 Å². The number of nitrogens with one attached hydrogen (secondary N) is 1. The molecule has 1 N–H and O–H groups in total. The number of hydrogen-bond acceptors (Lipinski definition) is 4. The molecule has 1 aromatic carbocycles. The van der Waals surface area contributed by atoms with Gasteiger partial charge in [0.25, 0.3) is 0 Å². The lowest BCUT2D eigenvalue weighted by atomic mass is 10.2. The topological polar surface area (TPSA) is 47.0 Å². The molecule has 0 atom stereocenters. The third-order valence-electron chi connectivity index (χ3n) is 3.33. The monoisotopic (exact) mass is 269 g/mol. The van der Waals surface area contributed by atoms with Crippen molar-refractivity contribution in [3.63, 3.8) is 0 Å². The molecule has 0 radical (unpaired) electrons. The molecule has 1 saturated carbocycles. The van der Waals surface area contributed by atoms with Gasteiger partial charge in [0.2, 0.25) is 5.88 Å². The fraction of sp³-hybridized carbons (Fsp3) is 0.375. The Balaban J connectivity index is 1.89. The summed E-state index contributed by atoms with van der Waals surface area (Å²) in [7, 11) is 0. The summed E-state index contributed by atoms with van der Waals surface area (Å²) in [5.41, 5.74) is 1.10. The molecule has 0 bridgehead atoms. The number of benzene rings is 1. The van der Waals surface area contributed by atoms with E-state index < -0.39 is 0 Å². The van der Waals surface area contributed by atoms with Crippen molar-refractivity contribution in [3.8, 4) is 11.6 Å². The molecule has 1 aromatic heterocycles. The van der Waals surface area contributed by atoms with Gasteiger partial charge in [-0.2, -0.15) is 4.98 Å². The first kappa shape index (κ1) is 12.9. The first-order valence-corrected chi connectivity index (χ1v) is 7.12. The second kappa shape index (κ2) is 5.49. The van der Waals surface area contributed by atoms with Crippen LogP contribution in [0.25, 0.3) is 0 Å². The van der Waals surface area contributed by atoms with Crippen molar-refractivity contribution in [3.05, 3.63) is 41.7 Å². The van der Waals surface area contributed by atoms with E-state index in [4.69, 9.17) is 4.74 Å². The Labute approximate surface area is 119 Å². The van der Waals surface area contributed by atoms with Gasteiger partial charge in [0.15, 0.2) is 0 Å². The molecule has 2 aromatic rings. The minimum atomic E-state index is 0.507. The first-order chi connectivity index (χ1) is 9.76. The molecule has 3 rings (SSSR count). The van der Waals surface area contributed by atoms with Crippen LogP contribution in [0.2, 0.25) is 0 Å². The second-order valence-electron chi connectivity index (χ2n) is 5.12. The van der Waals surface area contributed by atoms with Crippen LogP contribution in [0.4, 0.5) is 5.82 Å². The molecule has 104 valence electrons. The predicted molar refractivity (Wildman–Crippen MR) is 79.4 cm³/mol. The normalized spacial score (nSPS) is 14.1. The minimum absolute atomic E-state index is 0.507. The van der Waals surface area contributed by atoms with E-state index in [0.717, 1.165) is 29.5 Å². The van der Waals surface area contributed by atoms with Gasteiger partial charge >= 0.3 is 0 Å². The average molecular weight is 269 g/mol. The molecule has 0 saturated heterocycles. The van der Waals surface area contributed by atoms with E-state index in [2.05, 4.69) is 22.2 Å². The maximum Gasteiger partial charge on any atom is 0.224 e. The maximum atomic E-state index is 5.92. The Morgan fingerprint density at radius 1 is 1.25 bits per heavy atom. The summed E-state index contributed by atoms with van der Waals surface area (Å²) >= 11 is 0. The third kappa shape index (κ3) is 2.90. The van der Waals surface area contributed by atoms with Gasteiger partial charge in [-0.1, -0.05) is 18.2 Å². The van der Waals surface area contributed by atoms with Crippen LogP contribution in [-0.4, -0.2) is 16.5 Å². The highest BCUT2D eigenvalue weighted by molar-refractivity contribution is 5.42. The zero-order valence-corrected chi connectivity index (χ0v) is 11.9. The molecule has 1 heterocycles. The SMILES string of the molecule is CCNc1cc(Oc2ccccc2C)nc(C2CC2)n1. The molecule has 1 aliphatic carbocycles. The summed E-state index contributed by atoms with van der Waals surface area (Å²) in [6.07, 6.45) is 2.36. The van der Waals surface area contributed by atoms with Gasteiger partial charge in [-0.25, -0.2) is 4.98 Å². The molecule has 0 unspecified atom stereocenters. The number of anilines is 1. The average Bonchev–Trinajstić information content (AvgIpc) is 3.26. The molecule has 0 amide bonds. The fourth-order valence-electron chi connectivity index (χ4n) is 2.07. The van der Waals surface area contributed by atoms with E-state index in [0.29, 0.717) is 11.8 Å². The second-order valence-corrected chi connectivity index (χ2v) is 5.12. The summed E-state index contributed by atoms with van der Waals surface area (Å²) in [4.78, 5) is 9.09. The number of rotatable bonds is 5. The van der Waals surface area contributed by atoms with Gasteiger partial charge < -0.3 is 10.1 Å². The molecule has 1 fully saturated rings. The highest BCUT2D eigenvalue weighted by Crippen LogP contribution is 2.39. The first-order valence-electron chi connectivity index (χ1n) is 7.12.